The molecule has 0 radical (unpaired) electrons. The summed E-state index contributed by atoms with van der Waals surface area (Å²) in [6.07, 6.45) is 0.632. The fourth-order valence-electron chi connectivity index (χ4n) is 5.72. The van der Waals surface area contributed by atoms with Gasteiger partial charge in [-0.15, -0.1) is 0 Å². The molecule has 0 spiro atoms. The zero-order valence-corrected chi connectivity index (χ0v) is 21.7. The SMILES string of the molecule is Cc1ccc(Cl)cc1N1CCN(C(=O)c2ccc(N3C(=O)N[C@H]4C[C@@]3(C)Oc3ccccc34)cc2)CC1. The Hall–Kier alpha value is -3.71. The van der Waals surface area contributed by atoms with Crippen LogP contribution >= 0.6 is 11.6 Å². The molecule has 3 aliphatic rings. The number of amides is 3. The number of rotatable bonds is 3. The van der Waals surface area contributed by atoms with Gasteiger partial charge in [-0.1, -0.05) is 35.9 Å². The van der Waals surface area contributed by atoms with Gasteiger partial charge in [0, 0.05) is 60.1 Å². The summed E-state index contributed by atoms with van der Waals surface area (Å²) in [5, 5.41) is 3.83. The third-order valence-corrected chi connectivity index (χ3v) is 7.87. The molecule has 1 N–H and O–H groups in total. The Balaban J connectivity index is 1.16. The maximum Gasteiger partial charge on any atom is 0.325 e. The molecule has 8 heteroatoms. The summed E-state index contributed by atoms with van der Waals surface area (Å²) in [6.45, 7) is 6.77. The molecule has 7 nitrogen and oxygen atoms in total. The van der Waals surface area contributed by atoms with Crippen LogP contribution in [0.25, 0.3) is 0 Å². The molecule has 3 aliphatic heterocycles. The summed E-state index contributed by atoms with van der Waals surface area (Å²) in [5.41, 5.74) is 3.77. The molecular formula is C29H29ClN4O3. The summed E-state index contributed by atoms with van der Waals surface area (Å²) < 4.78 is 6.34. The van der Waals surface area contributed by atoms with Gasteiger partial charge in [-0.3, -0.25) is 9.69 Å². The molecule has 0 saturated carbocycles. The Kier molecular flexibility index (Phi) is 5.75. The van der Waals surface area contributed by atoms with E-state index in [9.17, 15) is 9.59 Å². The van der Waals surface area contributed by atoms with Crippen LogP contribution in [0.1, 0.15) is 40.9 Å². The molecule has 3 amide bonds. The van der Waals surface area contributed by atoms with Gasteiger partial charge in [0.15, 0.2) is 5.72 Å². The van der Waals surface area contributed by atoms with E-state index in [0.717, 1.165) is 30.1 Å². The highest BCUT2D eigenvalue weighted by Gasteiger charge is 2.49. The lowest BCUT2D eigenvalue weighted by molar-refractivity contribution is 0.0379. The van der Waals surface area contributed by atoms with Crippen LogP contribution in [0.4, 0.5) is 16.2 Å². The first-order chi connectivity index (χ1) is 17.8. The molecule has 0 aliphatic carbocycles. The lowest BCUT2D eigenvalue weighted by Gasteiger charge is -2.50. The summed E-state index contributed by atoms with van der Waals surface area (Å²) in [7, 11) is 0. The van der Waals surface area contributed by atoms with E-state index < -0.39 is 5.72 Å². The largest absolute Gasteiger partial charge is 0.467 e. The van der Waals surface area contributed by atoms with Crippen LogP contribution in [-0.4, -0.2) is 48.7 Å². The van der Waals surface area contributed by atoms with Crippen LogP contribution < -0.4 is 19.9 Å². The van der Waals surface area contributed by atoms with Gasteiger partial charge < -0.3 is 19.9 Å². The van der Waals surface area contributed by atoms with E-state index in [1.54, 1.807) is 17.0 Å². The van der Waals surface area contributed by atoms with E-state index in [4.69, 9.17) is 16.3 Å². The summed E-state index contributed by atoms with van der Waals surface area (Å²) in [4.78, 5) is 32.2. The zero-order valence-electron chi connectivity index (χ0n) is 20.9. The predicted octanol–water partition coefficient (Wildman–Crippen LogP) is 5.38. The molecule has 2 bridgehead atoms. The number of para-hydroxylation sites is 1. The average Bonchev–Trinajstić information content (AvgIpc) is 2.90. The van der Waals surface area contributed by atoms with Gasteiger partial charge in [-0.25, -0.2) is 4.79 Å². The average molecular weight is 517 g/mol. The minimum absolute atomic E-state index is 0.00812. The normalized spacial score (nSPS) is 22.7. The molecule has 3 heterocycles. The number of aryl methyl sites for hydroxylation is 1. The number of ether oxygens (including phenoxy) is 1. The van der Waals surface area contributed by atoms with Crippen LogP contribution in [0.2, 0.25) is 5.02 Å². The van der Waals surface area contributed by atoms with Crippen LogP contribution in [0.5, 0.6) is 5.75 Å². The summed E-state index contributed by atoms with van der Waals surface area (Å²) in [6, 6.07) is 20.7. The molecule has 3 aromatic rings. The van der Waals surface area contributed by atoms with Crippen molar-refractivity contribution in [3.63, 3.8) is 0 Å². The first-order valence-corrected chi connectivity index (χ1v) is 13.0. The highest BCUT2D eigenvalue weighted by Crippen LogP contribution is 2.45. The second-order valence-electron chi connectivity index (χ2n) is 10.1. The van der Waals surface area contributed by atoms with E-state index in [2.05, 4.69) is 17.1 Å². The summed E-state index contributed by atoms with van der Waals surface area (Å²) >= 11 is 6.21. The third kappa shape index (κ3) is 4.17. The van der Waals surface area contributed by atoms with E-state index in [0.29, 0.717) is 35.8 Å². The second kappa shape index (κ2) is 8.99. The van der Waals surface area contributed by atoms with E-state index in [-0.39, 0.29) is 18.0 Å². The van der Waals surface area contributed by atoms with Crippen molar-refractivity contribution in [2.45, 2.75) is 32.0 Å². The number of fused-ring (bicyclic) bond motifs is 4. The third-order valence-electron chi connectivity index (χ3n) is 7.63. The van der Waals surface area contributed by atoms with Crippen molar-refractivity contribution in [1.82, 2.24) is 10.2 Å². The highest BCUT2D eigenvalue weighted by molar-refractivity contribution is 6.30. The molecule has 37 heavy (non-hydrogen) atoms. The maximum atomic E-state index is 13.3. The maximum absolute atomic E-state index is 13.3. The zero-order chi connectivity index (χ0) is 25.7. The Labute approximate surface area is 221 Å². The summed E-state index contributed by atoms with van der Waals surface area (Å²) in [5.74, 6) is 0.774. The molecule has 3 aromatic carbocycles. The second-order valence-corrected chi connectivity index (χ2v) is 10.5. The standard InChI is InChI=1S/C29H29ClN4O3/c1-19-7-10-21(30)17-25(19)32-13-15-33(16-14-32)27(35)20-8-11-22(12-9-20)34-28(36)31-24-18-29(34,2)37-26-6-4-3-5-23(24)26/h3-12,17,24H,13-16,18H2,1-2H3,(H,31,36)/t24-,29+/m0/s1. The number of urea groups is 1. The van der Waals surface area contributed by atoms with Gasteiger partial charge in [0.05, 0.1) is 6.04 Å². The Morgan fingerprint density at radius 2 is 1.76 bits per heavy atom. The van der Waals surface area contributed by atoms with E-state index >= 15 is 0 Å². The molecule has 6 rings (SSSR count). The molecule has 2 atom stereocenters. The number of carbonyl (C=O) groups excluding carboxylic acids is 2. The number of benzene rings is 3. The fourth-order valence-corrected chi connectivity index (χ4v) is 5.89. The number of nitrogens with one attached hydrogen (secondary N) is 1. The van der Waals surface area contributed by atoms with E-state index in [1.165, 1.54) is 5.56 Å². The molecule has 190 valence electrons. The number of piperazine rings is 1. The van der Waals surface area contributed by atoms with E-state index in [1.807, 2.05) is 66.4 Å². The number of nitrogens with zero attached hydrogens (tertiary/aromatic N) is 3. The number of halogens is 1. The van der Waals surface area contributed by atoms with Crippen molar-refractivity contribution in [3.8, 4) is 5.75 Å². The Morgan fingerprint density at radius 3 is 2.51 bits per heavy atom. The fraction of sp³-hybridized carbons (Fsp3) is 0.310. The van der Waals surface area contributed by atoms with Crippen LogP contribution in [-0.2, 0) is 0 Å². The number of hydrogen-bond donors (Lipinski definition) is 1. The molecular weight excluding hydrogens is 488 g/mol. The minimum atomic E-state index is -0.818. The number of anilines is 2. The van der Waals surface area contributed by atoms with Gasteiger partial charge in [0.25, 0.3) is 5.91 Å². The molecule has 0 unspecified atom stereocenters. The van der Waals surface area contributed by atoms with Gasteiger partial charge in [0.2, 0.25) is 0 Å². The van der Waals surface area contributed by atoms with Crippen molar-refractivity contribution in [1.29, 1.82) is 0 Å². The first kappa shape index (κ1) is 23.7. The topological polar surface area (TPSA) is 65.1 Å². The minimum Gasteiger partial charge on any atom is -0.467 e. The van der Waals surface area contributed by atoms with Crippen molar-refractivity contribution in [2.75, 3.05) is 36.0 Å². The molecule has 2 fully saturated rings. The van der Waals surface area contributed by atoms with Crippen molar-refractivity contribution < 1.29 is 14.3 Å². The van der Waals surface area contributed by atoms with Crippen molar-refractivity contribution >= 4 is 34.9 Å². The van der Waals surface area contributed by atoms with Gasteiger partial charge in [-0.05, 0) is 61.9 Å². The number of hydrogen-bond acceptors (Lipinski definition) is 4. The van der Waals surface area contributed by atoms with Crippen LogP contribution in [0.3, 0.4) is 0 Å². The van der Waals surface area contributed by atoms with Crippen LogP contribution in [0.15, 0.2) is 66.7 Å². The molecule has 0 aromatic heterocycles. The number of carbonyl (C=O) groups is 2. The van der Waals surface area contributed by atoms with Gasteiger partial charge in [0.1, 0.15) is 5.75 Å². The molecule has 2 saturated heterocycles. The lowest BCUT2D eigenvalue weighted by atomic mass is 9.90. The lowest BCUT2D eigenvalue weighted by Crippen LogP contribution is -2.65. The van der Waals surface area contributed by atoms with Crippen molar-refractivity contribution in [2.24, 2.45) is 0 Å². The smallest absolute Gasteiger partial charge is 0.325 e. The Morgan fingerprint density at radius 1 is 1.03 bits per heavy atom. The van der Waals surface area contributed by atoms with Gasteiger partial charge >= 0.3 is 6.03 Å². The van der Waals surface area contributed by atoms with Gasteiger partial charge in [-0.2, -0.15) is 0 Å². The predicted molar refractivity (Wildman–Crippen MR) is 145 cm³/mol. The quantitative estimate of drug-likeness (QED) is 0.507. The van der Waals surface area contributed by atoms with Crippen LogP contribution in [0, 0.1) is 6.92 Å². The Bertz CT molecular complexity index is 1370. The monoisotopic (exact) mass is 516 g/mol. The first-order valence-electron chi connectivity index (χ1n) is 12.6. The van der Waals surface area contributed by atoms with Crippen molar-refractivity contribution in [3.05, 3.63) is 88.4 Å². The highest BCUT2D eigenvalue weighted by atomic mass is 35.5.